The molecule has 0 unspecified atom stereocenters. The minimum atomic E-state index is 0.110. The van der Waals surface area contributed by atoms with Crippen molar-refractivity contribution in [2.75, 3.05) is 0 Å². The number of rotatable bonds is 4. The van der Waals surface area contributed by atoms with Gasteiger partial charge in [-0.1, -0.05) is 0 Å². The number of aromatic amines is 1. The van der Waals surface area contributed by atoms with Gasteiger partial charge >= 0.3 is 127 Å². The Morgan fingerprint density at radius 1 is 1.47 bits per heavy atom. The van der Waals surface area contributed by atoms with Gasteiger partial charge in [-0.25, -0.2) is 0 Å². The Kier molecular flexibility index (Phi) is 4.43. The summed E-state index contributed by atoms with van der Waals surface area (Å²) in [4.78, 5) is 21.0. The van der Waals surface area contributed by atoms with Crippen LogP contribution in [-0.2, 0) is 19.4 Å². The second-order valence-corrected chi connectivity index (χ2v) is 6.43. The molecule has 0 aliphatic rings. The van der Waals surface area contributed by atoms with Crippen molar-refractivity contribution in [2.45, 2.75) is 20.8 Å². The van der Waals surface area contributed by atoms with E-state index in [1.807, 2.05) is 25.3 Å². The molecular formula is C14H14N2OSW. The fraction of sp³-hybridized carbons (Fsp3) is 0.214. The Morgan fingerprint density at radius 3 is 2.79 bits per heavy atom. The Balaban J connectivity index is 2.38. The second-order valence-electron chi connectivity index (χ2n) is 4.33. The van der Waals surface area contributed by atoms with Gasteiger partial charge in [-0.3, -0.25) is 0 Å². The Morgan fingerprint density at radius 2 is 2.21 bits per heavy atom. The number of aryl methyl sites for hydroxylation is 1. The molecular weight excluding hydrogens is 428 g/mol. The number of carbonyl (C=O) groups is 1. The molecule has 0 aliphatic heterocycles. The molecule has 0 fully saturated rings. The molecule has 5 heteroatoms. The minimum absolute atomic E-state index is 0.110. The van der Waals surface area contributed by atoms with Crippen LogP contribution in [0.1, 0.15) is 34.2 Å². The average Bonchev–Trinajstić information content (AvgIpc) is 2.95. The van der Waals surface area contributed by atoms with E-state index >= 15 is 0 Å². The average molecular weight is 442 g/mol. The fourth-order valence-electron chi connectivity index (χ4n) is 1.72. The molecule has 1 N–H and O–H groups in total. The maximum atomic E-state index is 11.4. The van der Waals surface area contributed by atoms with E-state index in [4.69, 9.17) is 0 Å². The summed E-state index contributed by atoms with van der Waals surface area (Å²) in [5, 5.41) is 0. The SMILES string of the molecule is CC(=O)c1cc(-c2cnc(C=C(C)[CH]=[W])[nH]2)c(C)s1. The molecule has 98 valence electrons. The van der Waals surface area contributed by atoms with Gasteiger partial charge in [0.05, 0.1) is 0 Å². The molecule has 3 nitrogen and oxygen atoms in total. The number of hydrogen-bond acceptors (Lipinski definition) is 3. The van der Waals surface area contributed by atoms with E-state index in [-0.39, 0.29) is 5.78 Å². The van der Waals surface area contributed by atoms with E-state index in [1.165, 1.54) is 36.3 Å². The molecule has 0 atom stereocenters. The third-order valence-electron chi connectivity index (χ3n) is 2.70. The monoisotopic (exact) mass is 442 g/mol. The third-order valence-corrected chi connectivity index (χ3v) is 5.19. The van der Waals surface area contributed by atoms with E-state index < -0.39 is 0 Å². The number of nitrogens with zero attached hydrogens (tertiary/aromatic N) is 1. The van der Waals surface area contributed by atoms with Crippen molar-refractivity contribution in [2.24, 2.45) is 0 Å². The normalized spacial score (nSPS) is 11.6. The molecule has 2 aromatic rings. The molecule has 0 radical (unpaired) electrons. The van der Waals surface area contributed by atoms with Gasteiger partial charge in [-0.05, 0) is 0 Å². The number of nitrogens with one attached hydrogen (secondary N) is 1. The summed E-state index contributed by atoms with van der Waals surface area (Å²) in [6.07, 6.45) is 3.84. The zero-order valence-electron chi connectivity index (χ0n) is 11.0. The summed E-state index contributed by atoms with van der Waals surface area (Å²) in [5.41, 5.74) is 3.22. The molecule has 0 spiro atoms. The van der Waals surface area contributed by atoms with E-state index in [0.29, 0.717) is 0 Å². The van der Waals surface area contributed by atoms with Crippen LogP contribution < -0.4 is 0 Å². The number of allylic oxidation sites excluding steroid dienone is 1. The van der Waals surface area contributed by atoms with Gasteiger partial charge in [-0.2, -0.15) is 0 Å². The topological polar surface area (TPSA) is 45.8 Å². The van der Waals surface area contributed by atoms with Gasteiger partial charge in [0.15, 0.2) is 0 Å². The van der Waals surface area contributed by atoms with Crippen LogP contribution in [0.3, 0.4) is 0 Å². The first kappa shape index (κ1) is 14.3. The van der Waals surface area contributed by atoms with E-state index in [0.717, 1.165) is 26.8 Å². The van der Waals surface area contributed by atoms with Crippen LogP contribution in [0.15, 0.2) is 17.8 Å². The van der Waals surface area contributed by atoms with Crippen LogP contribution >= 0.6 is 11.3 Å². The number of ketones is 1. The van der Waals surface area contributed by atoms with Gasteiger partial charge in [0.1, 0.15) is 0 Å². The van der Waals surface area contributed by atoms with Gasteiger partial charge < -0.3 is 0 Å². The van der Waals surface area contributed by atoms with Crippen LogP contribution in [0.2, 0.25) is 0 Å². The summed E-state index contributed by atoms with van der Waals surface area (Å²) in [6, 6.07) is 1.94. The molecule has 2 rings (SSSR count). The van der Waals surface area contributed by atoms with Gasteiger partial charge in [0.25, 0.3) is 0 Å². The second kappa shape index (κ2) is 5.89. The van der Waals surface area contributed by atoms with Crippen molar-refractivity contribution in [1.29, 1.82) is 0 Å². The molecule has 0 saturated carbocycles. The zero-order chi connectivity index (χ0) is 14.0. The Bertz CT molecular complexity index is 667. The van der Waals surface area contributed by atoms with Crippen LogP contribution in [0, 0.1) is 6.92 Å². The molecule has 2 heterocycles. The number of imidazole rings is 1. The molecule has 0 amide bonds. The quantitative estimate of drug-likeness (QED) is 0.739. The predicted molar refractivity (Wildman–Crippen MR) is 76.4 cm³/mol. The van der Waals surface area contributed by atoms with Crippen molar-refractivity contribution in [1.82, 2.24) is 9.97 Å². The first-order valence-corrected chi connectivity index (χ1v) is 8.32. The van der Waals surface area contributed by atoms with Gasteiger partial charge in [0, 0.05) is 0 Å². The van der Waals surface area contributed by atoms with E-state index in [2.05, 4.69) is 21.3 Å². The number of hydrogen-bond donors (Lipinski definition) is 1. The van der Waals surface area contributed by atoms with Gasteiger partial charge in [-0.15, -0.1) is 0 Å². The number of aromatic nitrogens is 2. The first-order chi connectivity index (χ1) is 9.01. The van der Waals surface area contributed by atoms with E-state index in [9.17, 15) is 4.79 Å². The van der Waals surface area contributed by atoms with E-state index in [1.54, 1.807) is 6.92 Å². The fourth-order valence-corrected chi connectivity index (χ4v) is 2.89. The van der Waals surface area contributed by atoms with Crippen molar-refractivity contribution < 1.29 is 24.1 Å². The van der Waals surface area contributed by atoms with Crippen LogP contribution in [0.4, 0.5) is 0 Å². The molecule has 0 saturated heterocycles. The molecule has 0 aliphatic carbocycles. The van der Waals surface area contributed by atoms with Crippen molar-refractivity contribution >= 4 is 27.6 Å². The summed E-state index contributed by atoms with van der Waals surface area (Å²) in [7, 11) is 0. The zero-order valence-corrected chi connectivity index (χ0v) is 14.7. The third kappa shape index (κ3) is 3.26. The van der Waals surface area contributed by atoms with Crippen LogP contribution in [-0.4, -0.2) is 20.2 Å². The summed E-state index contributed by atoms with van der Waals surface area (Å²) in [5.74, 6) is 0.957. The number of H-pyrrole nitrogens is 1. The standard InChI is InChI=1S/C14H14N2OS.W/c1-8(2)5-14-15-7-12(16-14)11-6-13(9(3)17)18-10(11)4;/h1,5-7H,2-4H3,(H,15,16);. The summed E-state index contributed by atoms with van der Waals surface area (Å²) < 4.78 is 2.12. The molecule has 0 bridgehead atoms. The Hall–Kier alpha value is -1.12. The Labute approximate surface area is 127 Å². The van der Waals surface area contributed by atoms with Gasteiger partial charge in [0.2, 0.25) is 0 Å². The van der Waals surface area contributed by atoms with Crippen LogP contribution in [0.5, 0.6) is 0 Å². The first-order valence-electron chi connectivity index (χ1n) is 5.81. The van der Waals surface area contributed by atoms with Crippen molar-refractivity contribution in [3.8, 4) is 11.3 Å². The molecule has 19 heavy (non-hydrogen) atoms. The van der Waals surface area contributed by atoms with Crippen LogP contribution in [0.25, 0.3) is 17.3 Å². The van der Waals surface area contributed by atoms with Crippen molar-refractivity contribution in [3.05, 3.63) is 33.4 Å². The predicted octanol–water partition coefficient (Wildman–Crippen LogP) is 3.40. The number of thiophene rings is 1. The number of carbonyl (C=O) groups excluding carboxylic acids is 1. The molecule has 2 aromatic heterocycles. The summed E-state index contributed by atoms with van der Waals surface area (Å²) in [6.45, 7) is 5.68. The van der Waals surface area contributed by atoms with Crippen molar-refractivity contribution in [3.63, 3.8) is 0 Å². The number of Topliss-reactive ketones (excluding diaryl/α,β-unsaturated/α-hetero) is 1. The summed E-state index contributed by atoms with van der Waals surface area (Å²) >= 11 is 2.96. The molecule has 0 aromatic carbocycles. The maximum absolute atomic E-state index is 11.4.